The standard InChI is InChI=1S/2C15H14Cl2O2/c2*1-15(2,9-3-5-13(18)11(16)7-9)10-4-6-14(19)12(17)8-10/h2*3-8,18-19H,1-2H3. The Kier molecular flexibility index (Phi) is 9.05. The van der Waals surface area contributed by atoms with Crippen LogP contribution in [0.3, 0.4) is 0 Å². The zero-order chi connectivity index (χ0) is 28.4. The van der Waals surface area contributed by atoms with Gasteiger partial charge in [-0.3, -0.25) is 0 Å². The number of aromatic hydroxyl groups is 4. The van der Waals surface area contributed by atoms with E-state index in [1.165, 1.54) is 0 Å². The van der Waals surface area contributed by atoms with Crippen molar-refractivity contribution >= 4 is 46.4 Å². The molecule has 4 nitrogen and oxygen atoms in total. The van der Waals surface area contributed by atoms with Gasteiger partial charge in [-0.1, -0.05) is 98.4 Å². The van der Waals surface area contributed by atoms with E-state index in [2.05, 4.69) is 0 Å². The molecule has 0 saturated heterocycles. The maximum absolute atomic E-state index is 9.47. The fourth-order valence-corrected chi connectivity index (χ4v) is 4.64. The minimum Gasteiger partial charge on any atom is -0.506 e. The second-order valence-electron chi connectivity index (χ2n) is 9.91. The molecule has 0 aliphatic heterocycles. The Labute approximate surface area is 242 Å². The van der Waals surface area contributed by atoms with Crippen LogP contribution in [0.15, 0.2) is 72.8 Å². The molecule has 0 fully saturated rings. The van der Waals surface area contributed by atoms with Gasteiger partial charge in [0.15, 0.2) is 0 Å². The van der Waals surface area contributed by atoms with Crippen LogP contribution < -0.4 is 0 Å². The lowest BCUT2D eigenvalue weighted by Crippen LogP contribution is -2.18. The normalized spacial score (nSPS) is 11.6. The van der Waals surface area contributed by atoms with Gasteiger partial charge in [-0.2, -0.15) is 0 Å². The van der Waals surface area contributed by atoms with E-state index in [1.54, 1.807) is 48.5 Å². The van der Waals surface area contributed by atoms with Crippen molar-refractivity contribution in [3.05, 3.63) is 115 Å². The van der Waals surface area contributed by atoms with Gasteiger partial charge in [0.25, 0.3) is 0 Å². The first-order valence-electron chi connectivity index (χ1n) is 11.6. The average Bonchev–Trinajstić information content (AvgIpc) is 2.86. The molecule has 0 amide bonds. The van der Waals surface area contributed by atoms with E-state index in [0.717, 1.165) is 22.3 Å². The van der Waals surface area contributed by atoms with Crippen molar-refractivity contribution in [2.24, 2.45) is 0 Å². The van der Waals surface area contributed by atoms with Crippen LogP contribution >= 0.6 is 46.4 Å². The van der Waals surface area contributed by atoms with Crippen LogP contribution in [-0.4, -0.2) is 20.4 Å². The molecule has 0 radical (unpaired) electrons. The zero-order valence-electron chi connectivity index (χ0n) is 21.2. The molecule has 0 aliphatic rings. The minimum atomic E-state index is -0.339. The molecule has 0 unspecified atom stereocenters. The Morgan fingerprint density at radius 3 is 0.737 bits per heavy atom. The van der Waals surface area contributed by atoms with Gasteiger partial charge in [0.05, 0.1) is 20.1 Å². The van der Waals surface area contributed by atoms with Crippen LogP contribution in [0.4, 0.5) is 0 Å². The van der Waals surface area contributed by atoms with Gasteiger partial charge in [0.1, 0.15) is 23.0 Å². The van der Waals surface area contributed by atoms with E-state index in [0.29, 0.717) is 20.1 Å². The van der Waals surface area contributed by atoms with Crippen LogP contribution in [0.25, 0.3) is 0 Å². The lowest BCUT2D eigenvalue weighted by atomic mass is 9.78. The quantitative estimate of drug-likeness (QED) is 0.190. The first-order chi connectivity index (χ1) is 17.6. The highest BCUT2D eigenvalue weighted by Crippen LogP contribution is 2.39. The van der Waals surface area contributed by atoms with E-state index >= 15 is 0 Å². The summed E-state index contributed by atoms with van der Waals surface area (Å²) in [7, 11) is 0. The highest BCUT2D eigenvalue weighted by atomic mass is 35.5. The lowest BCUT2D eigenvalue weighted by Gasteiger charge is -2.26. The highest BCUT2D eigenvalue weighted by molar-refractivity contribution is 6.33. The molecule has 8 heteroatoms. The van der Waals surface area contributed by atoms with Crippen molar-refractivity contribution in [3.63, 3.8) is 0 Å². The van der Waals surface area contributed by atoms with Gasteiger partial charge in [-0.25, -0.2) is 0 Å². The molecule has 38 heavy (non-hydrogen) atoms. The largest absolute Gasteiger partial charge is 0.506 e. The Bertz CT molecular complexity index is 1250. The Morgan fingerprint density at radius 1 is 0.395 bits per heavy atom. The first-order valence-corrected chi connectivity index (χ1v) is 13.1. The fraction of sp³-hybridized carbons (Fsp3) is 0.200. The van der Waals surface area contributed by atoms with Gasteiger partial charge in [0, 0.05) is 10.8 Å². The maximum Gasteiger partial charge on any atom is 0.134 e. The van der Waals surface area contributed by atoms with E-state index in [-0.39, 0.29) is 33.8 Å². The molecule has 0 spiro atoms. The summed E-state index contributed by atoms with van der Waals surface area (Å²) in [6.07, 6.45) is 0. The predicted molar refractivity (Wildman–Crippen MR) is 157 cm³/mol. The number of hydrogen-bond donors (Lipinski definition) is 4. The minimum absolute atomic E-state index is 0.0601. The van der Waals surface area contributed by atoms with E-state index in [9.17, 15) is 20.4 Å². The summed E-state index contributed by atoms with van der Waals surface area (Å²) < 4.78 is 0. The van der Waals surface area contributed by atoms with Crippen LogP contribution in [-0.2, 0) is 10.8 Å². The molecule has 0 aromatic heterocycles. The van der Waals surface area contributed by atoms with Crippen LogP contribution in [0, 0.1) is 0 Å². The first kappa shape index (κ1) is 29.8. The molecule has 0 saturated carbocycles. The Morgan fingerprint density at radius 2 is 0.579 bits per heavy atom. The Hall–Kier alpha value is -2.76. The van der Waals surface area contributed by atoms with E-state index in [1.807, 2.05) is 52.0 Å². The Balaban J connectivity index is 0.000000211. The SMILES string of the molecule is CC(C)(c1ccc(O)c(Cl)c1)c1ccc(O)c(Cl)c1.CC(C)(c1ccc(O)c(Cl)c1)c1ccc(O)c(Cl)c1. The molecule has 4 aromatic carbocycles. The van der Waals surface area contributed by atoms with Crippen molar-refractivity contribution in [2.45, 2.75) is 38.5 Å². The molecule has 0 atom stereocenters. The summed E-state index contributed by atoms with van der Waals surface area (Å²) >= 11 is 23.8. The summed E-state index contributed by atoms with van der Waals surface area (Å²) in [6, 6.07) is 20.5. The maximum atomic E-state index is 9.47. The zero-order valence-corrected chi connectivity index (χ0v) is 24.3. The molecule has 0 aliphatic carbocycles. The summed E-state index contributed by atoms with van der Waals surface area (Å²) in [5.41, 5.74) is 3.15. The smallest absolute Gasteiger partial charge is 0.134 e. The van der Waals surface area contributed by atoms with Gasteiger partial charge >= 0.3 is 0 Å². The van der Waals surface area contributed by atoms with Crippen LogP contribution in [0.2, 0.25) is 20.1 Å². The predicted octanol–water partition coefficient (Wildman–Crippen LogP) is 9.46. The molecular weight excluding hydrogens is 566 g/mol. The van der Waals surface area contributed by atoms with Crippen molar-refractivity contribution in [3.8, 4) is 23.0 Å². The third-order valence-corrected chi connectivity index (χ3v) is 7.89. The third-order valence-electron chi connectivity index (χ3n) is 6.68. The highest BCUT2D eigenvalue weighted by Gasteiger charge is 2.26. The molecule has 4 N–H and O–H groups in total. The second kappa shape index (κ2) is 11.5. The van der Waals surface area contributed by atoms with Gasteiger partial charge in [-0.15, -0.1) is 0 Å². The summed E-state index contributed by atoms with van der Waals surface area (Å²) in [4.78, 5) is 0. The number of benzene rings is 4. The molecule has 4 aromatic rings. The van der Waals surface area contributed by atoms with Gasteiger partial charge in [0.2, 0.25) is 0 Å². The van der Waals surface area contributed by atoms with Crippen molar-refractivity contribution < 1.29 is 20.4 Å². The molecule has 0 heterocycles. The fourth-order valence-electron chi connectivity index (χ4n) is 3.92. The second-order valence-corrected chi connectivity index (χ2v) is 11.5. The molecule has 200 valence electrons. The van der Waals surface area contributed by atoms with Crippen LogP contribution in [0.5, 0.6) is 23.0 Å². The number of rotatable bonds is 4. The summed E-state index contributed by atoms with van der Waals surface area (Å²) in [5, 5.41) is 39.2. The monoisotopic (exact) mass is 592 g/mol. The van der Waals surface area contributed by atoms with Crippen molar-refractivity contribution in [1.82, 2.24) is 0 Å². The summed E-state index contributed by atoms with van der Waals surface area (Å²) in [5.74, 6) is 0.241. The van der Waals surface area contributed by atoms with Crippen molar-refractivity contribution in [2.75, 3.05) is 0 Å². The topological polar surface area (TPSA) is 80.9 Å². The average molecular weight is 594 g/mol. The molecular formula is C30H28Cl4O4. The number of hydrogen-bond acceptors (Lipinski definition) is 4. The van der Waals surface area contributed by atoms with Gasteiger partial charge < -0.3 is 20.4 Å². The molecule has 0 bridgehead atoms. The lowest BCUT2D eigenvalue weighted by molar-refractivity contribution is 0.473. The number of halogens is 4. The van der Waals surface area contributed by atoms with Crippen LogP contribution in [0.1, 0.15) is 49.9 Å². The van der Waals surface area contributed by atoms with E-state index < -0.39 is 0 Å². The molecule has 4 rings (SSSR count). The number of phenolic OH excluding ortho intramolecular Hbond substituents is 4. The third kappa shape index (κ3) is 6.44. The number of phenols is 4. The van der Waals surface area contributed by atoms with Crippen molar-refractivity contribution in [1.29, 1.82) is 0 Å². The van der Waals surface area contributed by atoms with Gasteiger partial charge in [-0.05, 0) is 70.8 Å². The summed E-state index contributed by atoms with van der Waals surface area (Å²) in [6.45, 7) is 8.10. The van der Waals surface area contributed by atoms with E-state index in [4.69, 9.17) is 46.4 Å².